The zero-order valence-electron chi connectivity index (χ0n) is 27.9. The smallest absolute Gasteiger partial charge is 0.0585 e. The first-order chi connectivity index (χ1) is 19.2. The topological polar surface area (TPSA) is 20.2 Å². The highest BCUT2D eigenvalue weighted by molar-refractivity contribution is 5.38. The van der Waals surface area contributed by atoms with Gasteiger partial charge in [-0.25, -0.2) is 0 Å². The maximum Gasteiger partial charge on any atom is 0.0585 e. The predicted molar refractivity (Wildman–Crippen MR) is 183 cm³/mol. The third-order valence-corrected chi connectivity index (χ3v) is 8.62. The monoisotopic (exact) mass is 554 g/mol. The minimum atomic E-state index is -0.217. The quantitative estimate of drug-likeness (QED) is 0.252. The van der Waals surface area contributed by atoms with Crippen molar-refractivity contribution in [2.75, 3.05) is 0 Å². The molecular weight excluding hydrogens is 496 g/mol. The van der Waals surface area contributed by atoms with Crippen molar-refractivity contribution in [2.24, 2.45) is 10.8 Å². The molecule has 0 amide bonds. The second kappa shape index (κ2) is 16.1. The molecule has 0 aromatic carbocycles. The van der Waals surface area contributed by atoms with Crippen LogP contribution in [0.4, 0.5) is 0 Å². The highest BCUT2D eigenvalue weighted by atomic mass is 16.3. The molecule has 0 spiro atoms. The molecule has 0 aliphatic heterocycles. The van der Waals surface area contributed by atoms with Crippen LogP contribution in [0.15, 0.2) is 117 Å². The van der Waals surface area contributed by atoms with E-state index in [1.54, 1.807) is 5.57 Å². The van der Waals surface area contributed by atoms with Gasteiger partial charge < -0.3 is 5.11 Å². The molecule has 1 N–H and O–H groups in total. The van der Waals surface area contributed by atoms with Gasteiger partial charge in [-0.1, -0.05) is 134 Å². The van der Waals surface area contributed by atoms with Crippen molar-refractivity contribution in [1.82, 2.24) is 0 Å². The van der Waals surface area contributed by atoms with Crippen LogP contribution in [-0.4, -0.2) is 11.2 Å². The number of allylic oxidation sites excluding steroid dienone is 19. The molecule has 1 atom stereocenters. The third-order valence-electron chi connectivity index (χ3n) is 8.62. The van der Waals surface area contributed by atoms with Crippen LogP contribution in [-0.2, 0) is 0 Å². The van der Waals surface area contributed by atoms with E-state index in [9.17, 15) is 5.11 Å². The molecule has 1 heteroatoms. The van der Waals surface area contributed by atoms with E-state index in [1.165, 1.54) is 58.3 Å². The van der Waals surface area contributed by atoms with E-state index in [1.807, 2.05) is 0 Å². The Bertz CT molecular complexity index is 1210. The van der Waals surface area contributed by atoms with E-state index in [-0.39, 0.29) is 11.5 Å². The molecule has 0 bridgehead atoms. The van der Waals surface area contributed by atoms with E-state index in [4.69, 9.17) is 0 Å². The van der Waals surface area contributed by atoms with Crippen LogP contribution < -0.4 is 0 Å². The highest BCUT2D eigenvalue weighted by Gasteiger charge is 2.31. The van der Waals surface area contributed by atoms with Gasteiger partial charge in [0.25, 0.3) is 0 Å². The largest absolute Gasteiger partial charge is 0.393 e. The van der Waals surface area contributed by atoms with E-state index < -0.39 is 0 Å². The molecule has 41 heavy (non-hydrogen) atoms. The first-order valence-corrected chi connectivity index (χ1v) is 15.7. The van der Waals surface area contributed by atoms with Crippen molar-refractivity contribution < 1.29 is 5.11 Å². The molecular formula is C40H58O. The van der Waals surface area contributed by atoms with Crippen molar-refractivity contribution in [3.8, 4) is 0 Å². The van der Waals surface area contributed by atoms with Gasteiger partial charge in [-0.3, -0.25) is 0 Å². The molecule has 224 valence electrons. The Balaban J connectivity index is 1.84. The second-order valence-corrected chi connectivity index (χ2v) is 13.8. The molecule has 0 saturated carbocycles. The fourth-order valence-electron chi connectivity index (χ4n) is 6.19. The molecule has 2 aliphatic rings. The van der Waals surface area contributed by atoms with Crippen LogP contribution in [0.3, 0.4) is 0 Å². The lowest BCUT2D eigenvalue weighted by atomic mass is 9.71. The van der Waals surface area contributed by atoms with Gasteiger partial charge in [0.05, 0.1) is 6.10 Å². The zero-order valence-corrected chi connectivity index (χ0v) is 27.9. The van der Waals surface area contributed by atoms with Crippen molar-refractivity contribution in [3.63, 3.8) is 0 Å². The summed E-state index contributed by atoms with van der Waals surface area (Å²) in [5.41, 5.74) is 11.3. The standard InChI is InChI=1S/C40H58O/c1-30(18-13-20-32(3)23-25-37-34(5)22-15-27-39(37,7)8)16-11-12-17-31(2)19-14-21-33(4)24-26-38-35(6)28-36(41)29-40(38,9)10/h11-12,14,16-17,19-21,23-26,36,41H,13,15,18,22,27-29H2,1-10H3/b12-11+,19-14+,25-23+,26-24+,30-16-,31-17-,32-20-,33-21+/t36-/m1/s1. The summed E-state index contributed by atoms with van der Waals surface area (Å²) in [4.78, 5) is 0. The Morgan fingerprint density at radius 1 is 0.756 bits per heavy atom. The van der Waals surface area contributed by atoms with Gasteiger partial charge in [-0.15, -0.1) is 0 Å². The van der Waals surface area contributed by atoms with E-state index >= 15 is 0 Å². The number of aliphatic hydroxyl groups excluding tert-OH is 1. The lowest BCUT2D eigenvalue weighted by Gasteiger charge is -2.35. The maximum atomic E-state index is 10.1. The average molecular weight is 555 g/mol. The molecule has 0 radical (unpaired) electrons. The van der Waals surface area contributed by atoms with Crippen molar-refractivity contribution in [2.45, 2.75) is 120 Å². The van der Waals surface area contributed by atoms with Crippen LogP contribution in [0.25, 0.3) is 0 Å². The number of aliphatic hydroxyl groups is 1. The molecule has 1 nitrogen and oxygen atoms in total. The van der Waals surface area contributed by atoms with Gasteiger partial charge in [-0.05, 0) is 108 Å². The summed E-state index contributed by atoms with van der Waals surface area (Å²) >= 11 is 0. The van der Waals surface area contributed by atoms with Crippen LogP contribution in [0.5, 0.6) is 0 Å². The average Bonchev–Trinajstić information content (AvgIpc) is 2.84. The number of rotatable bonds is 11. The van der Waals surface area contributed by atoms with E-state index in [0.717, 1.165) is 25.7 Å². The molecule has 2 rings (SSSR count). The van der Waals surface area contributed by atoms with Crippen molar-refractivity contribution >= 4 is 0 Å². The van der Waals surface area contributed by atoms with Crippen LogP contribution in [0.1, 0.15) is 114 Å². The minimum Gasteiger partial charge on any atom is -0.393 e. The summed E-state index contributed by atoms with van der Waals surface area (Å²) in [7, 11) is 0. The Hall–Kier alpha value is -2.64. The summed E-state index contributed by atoms with van der Waals surface area (Å²) in [6.07, 6.45) is 33.9. The van der Waals surface area contributed by atoms with Gasteiger partial charge in [-0.2, -0.15) is 0 Å². The van der Waals surface area contributed by atoms with Crippen molar-refractivity contribution in [3.05, 3.63) is 117 Å². The van der Waals surface area contributed by atoms with Gasteiger partial charge in [0.2, 0.25) is 0 Å². The van der Waals surface area contributed by atoms with Gasteiger partial charge >= 0.3 is 0 Å². The zero-order chi connectivity index (χ0) is 30.6. The Morgan fingerprint density at radius 2 is 1.34 bits per heavy atom. The van der Waals surface area contributed by atoms with E-state index in [0.29, 0.717) is 5.41 Å². The van der Waals surface area contributed by atoms with Gasteiger partial charge in [0.15, 0.2) is 0 Å². The summed E-state index contributed by atoms with van der Waals surface area (Å²) in [5.74, 6) is 0. The lowest BCUT2D eigenvalue weighted by molar-refractivity contribution is 0.116. The summed E-state index contributed by atoms with van der Waals surface area (Å²) < 4.78 is 0. The fraction of sp³-hybridized carbons (Fsp3) is 0.500. The normalized spacial score (nSPS) is 23.3. The maximum absolute atomic E-state index is 10.1. The predicted octanol–water partition coefficient (Wildman–Crippen LogP) is 11.8. The molecule has 0 unspecified atom stereocenters. The van der Waals surface area contributed by atoms with Crippen LogP contribution >= 0.6 is 0 Å². The fourth-order valence-corrected chi connectivity index (χ4v) is 6.19. The first-order valence-electron chi connectivity index (χ1n) is 15.7. The molecule has 2 aliphatic carbocycles. The van der Waals surface area contributed by atoms with Gasteiger partial charge in [0.1, 0.15) is 0 Å². The second-order valence-electron chi connectivity index (χ2n) is 13.8. The number of hydrogen-bond donors (Lipinski definition) is 1. The van der Waals surface area contributed by atoms with Gasteiger partial charge in [0, 0.05) is 0 Å². The van der Waals surface area contributed by atoms with E-state index in [2.05, 4.69) is 142 Å². The lowest BCUT2D eigenvalue weighted by Crippen LogP contribution is -2.28. The molecule has 0 fully saturated rings. The molecule has 0 aromatic heterocycles. The van der Waals surface area contributed by atoms with Crippen LogP contribution in [0.2, 0.25) is 0 Å². The van der Waals surface area contributed by atoms with Crippen LogP contribution in [0, 0.1) is 10.8 Å². The Kier molecular flexibility index (Phi) is 13.6. The molecule has 0 saturated heterocycles. The molecule has 0 aromatic rings. The minimum absolute atomic E-state index is 0.0170. The highest BCUT2D eigenvalue weighted by Crippen LogP contribution is 2.42. The summed E-state index contributed by atoms with van der Waals surface area (Å²) in [5, 5.41) is 10.1. The van der Waals surface area contributed by atoms with Crippen molar-refractivity contribution in [1.29, 1.82) is 0 Å². The Labute approximate surface area is 253 Å². The third kappa shape index (κ3) is 12.0. The summed E-state index contributed by atoms with van der Waals surface area (Å²) in [6.45, 7) is 22.4. The first kappa shape index (κ1) is 34.6. The molecule has 0 heterocycles. The summed E-state index contributed by atoms with van der Waals surface area (Å²) in [6, 6.07) is 0. The number of hydrogen-bond acceptors (Lipinski definition) is 1. The SMILES string of the molecule is CC1=C(/C=C/C(C)=C\CC\C(C)=C/C=C/C=C(C)\C=C\C=C(C)\C=C\C2=C(C)C[C@@H](O)CC2(C)C)C(C)(C)CCC1. The Morgan fingerprint density at radius 3 is 2.00 bits per heavy atom.